The second-order valence-corrected chi connectivity index (χ2v) is 9.28. The molecule has 162 valence electrons. The Hall–Kier alpha value is -2.04. The first-order valence-corrected chi connectivity index (χ1v) is 11.3. The molecule has 0 unspecified atom stereocenters. The minimum absolute atomic E-state index is 0.293. The topological polar surface area (TPSA) is 30.9 Å². The molecule has 0 amide bonds. The van der Waals surface area contributed by atoms with Gasteiger partial charge in [0, 0.05) is 27.0 Å². The first kappa shape index (κ1) is 21.2. The van der Waals surface area contributed by atoms with Crippen LogP contribution in [0.5, 0.6) is 11.5 Å². The first-order chi connectivity index (χ1) is 14.5. The molecule has 2 aromatic rings. The van der Waals surface area contributed by atoms with Crippen LogP contribution in [0, 0.1) is 5.41 Å². The van der Waals surface area contributed by atoms with Crippen LogP contribution in [0.1, 0.15) is 51.2 Å². The molecule has 0 bridgehead atoms. The summed E-state index contributed by atoms with van der Waals surface area (Å²) in [4.78, 5) is 2.56. The Morgan fingerprint density at radius 1 is 0.933 bits per heavy atom. The highest BCUT2D eigenvalue weighted by Crippen LogP contribution is 2.41. The number of hydrogen-bond donors (Lipinski definition) is 0. The molecular weight excluding hydrogens is 374 g/mol. The van der Waals surface area contributed by atoms with E-state index in [0.717, 1.165) is 50.8 Å². The third-order valence-electron chi connectivity index (χ3n) is 6.44. The smallest absolute Gasteiger partial charge is 0.246 e. The molecule has 2 aliphatic rings. The van der Waals surface area contributed by atoms with Gasteiger partial charge in [-0.2, -0.15) is 0 Å². The number of rotatable bonds is 8. The zero-order valence-electron chi connectivity index (χ0n) is 18.7. The van der Waals surface area contributed by atoms with E-state index in [1.807, 2.05) is 19.9 Å². The predicted molar refractivity (Wildman–Crippen MR) is 120 cm³/mol. The minimum Gasteiger partial charge on any atom is -0.449 e. The van der Waals surface area contributed by atoms with Gasteiger partial charge in [0.15, 0.2) is 11.5 Å². The number of likely N-dealkylation sites (tertiary alicyclic amines) is 1. The quantitative estimate of drug-likeness (QED) is 0.580. The van der Waals surface area contributed by atoms with Gasteiger partial charge in [-0.25, -0.2) is 0 Å². The molecule has 4 nitrogen and oxygen atoms in total. The van der Waals surface area contributed by atoms with Gasteiger partial charge in [0.25, 0.3) is 0 Å². The summed E-state index contributed by atoms with van der Waals surface area (Å²) >= 11 is 0. The average Bonchev–Trinajstić information content (AvgIpc) is 3.06. The predicted octanol–water partition coefficient (Wildman–Crippen LogP) is 5.45. The summed E-state index contributed by atoms with van der Waals surface area (Å²) in [6.45, 7) is 10.9. The van der Waals surface area contributed by atoms with E-state index >= 15 is 0 Å². The molecule has 0 N–H and O–H groups in total. The monoisotopic (exact) mass is 409 g/mol. The molecule has 2 aromatic carbocycles. The zero-order chi connectivity index (χ0) is 21.0. The van der Waals surface area contributed by atoms with Crippen molar-refractivity contribution in [2.24, 2.45) is 5.41 Å². The van der Waals surface area contributed by atoms with Gasteiger partial charge >= 0.3 is 0 Å². The van der Waals surface area contributed by atoms with E-state index < -0.39 is 5.79 Å². The standard InChI is InChI=1S/C26H35NO3/c1-4-28-20-26(13-12-21-8-6-5-7-9-21)14-16-27(17-15-26)19-22-10-11-23-24(18-22)30-25(2,3)29-23/h5-11,18H,4,12-17,19-20H2,1-3H3. The van der Waals surface area contributed by atoms with Crippen molar-refractivity contribution in [2.75, 3.05) is 26.3 Å². The Morgan fingerprint density at radius 2 is 1.67 bits per heavy atom. The van der Waals surface area contributed by atoms with Crippen LogP contribution in [0.15, 0.2) is 48.5 Å². The summed E-state index contributed by atoms with van der Waals surface area (Å²) < 4.78 is 17.7. The highest BCUT2D eigenvalue weighted by molar-refractivity contribution is 5.45. The lowest BCUT2D eigenvalue weighted by Crippen LogP contribution is -2.42. The molecule has 2 heterocycles. The van der Waals surface area contributed by atoms with Gasteiger partial charge in [-0.15, -0.1) is 0 Å². The molecule has 1 fully saturated rings. The zero-order valence-corrected chi connectivity index (χ0v) is 18.7. The van der Waals surface area contributed by atoms with Crippen molar-refractivity contribution >= 4 is 0 Å². The third-order valence-corrected chi connectivity index (χ3v) is 6.44. The van der Waals surface area contributed by atoms with Crippen LogP contribution >= 0.6 is 0 Å². The number of ether oxygens (including phenoxy) is 3. The van der Waals surface area contributed by atoms with Crippen molar-refractivity contribution in [1.29, 1.82) is 0 Å². The van der Waals surface area contributed by atoms with Gasteiger partial charge in [0.1, 0.15) is 0 Å². The van der Waals surface area contributed by atoms with Crippen LogP contribution in [0.3, 0.4) is 0 Å². The molecule has 0 atom stereocenters. The van der Waals surface area contributed by atoms with E-state index in [1.54, 1.807) is 0 Å². The summed E-state index contributed by atoms with van der Waals surface area (Å²) in [7, 11) is 0. The van der Waals surface area contributed by atoms with E-state index in [9.17, 15) is 0 Å². The molecule has 0 saturated carbocycles. The Kier molecular flexibility index (Phi) is 6.35. The van der Waals surface area contributed by atoms with Crippen LogP contribution in [0.4, 0.5) is 0 Å². The van der Waals surface area contributed by atoms with Crippen molar-refractivity contribution in [1.82, 2.24) is 4.90 Å². The lowest BCUT2D eigenvalue weighted by atomic mass is 9.74. The van der Waals surface area contributed by atoms with Crippen molar-refractivity contribution < 1.29 is 14.2 Å². The molecule has 0 aromatic heterocycles. The molecular formula is C26H35NO3. The van der Waals surface area contributed by atoms with Crippen molar-refractivity contribution in [3.8, 4) is 11.5 Å². The van der Waals surface area contributed by atoms with Crippen LogP contribution in [-0.4, -0.2) is 37.0 Å². The number of hydrogen-bond acceptors (Lipinski definition) is 4. The highest BCUT2D eigenvalue weighted by Gasteiger charge is 2.35. The SMILES string of the molecule is CCOCC1(CCc2ccccc2)CCN(Cc2ccc3c(c2)OC(C)(C)O3)CC1. The average molecular weight is 410 g/mol. The lowest BCUT2D eigenvalue weighted by Gasteiger charge is -2.42. The maximum Gasteiger partial charge on any atom is 0.246 e. The Labute approximate surface area is 181 Å². The lowest BCUT2D eigenvalue weighted by molar-refractivity contribution is -0.0431. The van der Waals surface area contributed by atoms with Crippen LogP contribution in [0.25, 0.3) is 0 Å². The summed E-state index contributed by atoms with van der Waals surface area (Å²) in [5.41, 5.74) is 3.01. The first-order valence-electron chi connectivity index (χ1n) is 11.3. The fourth-order valence-electron chi connectivity index (χ4n) is 4.65. The second kappa shape index (κ2) is 8.99. The van der Waals surface area contributed by atoms with Gasteiger partial charge in [-0.1, -0.05) is 36.4 Å². The number of fused-ring (bicyclic) bond motifs is 1. The largest absolute Gasteiger partial charge is 0.449 e. The molecule has 1 saturated heterocycles. The molecule has 0 radical (unpaired) electrons. The number of nitrogens with zero attached hydrogens (tertiary/aromatic N) is 1. The van der Waals surface area contributed by atoms with E-state index in [2.05, 4.69) is 54.3 Å². The number of benzene rings is 2. The van der Waals surface area contributed by atoms with E-state index in [4.69, 9.17) is 14.2 Å². The normalized spacial score (nSPS) is 19.7. The van der Waals surface area contributed by atoms with Gasteiger partial charge in [-0.05, 0) is 74.4 Å². The summed E-state index contributed by atoms with van der Waals surface area (Å²) in [6, 6.07) is 17.2. The maximum atomic E-state index is 5.94. The van der Waals surface area contributed by atoms with E-state index in [-0.39, 0.29) is 0 Å². The fraction of sp³-hybridized carbons (Fsp3) is 0.538. The molecule has 30 heavy (non-hydrogen) atoms. The highest BCUT2D eigenvalue weighted by atomic mass is 16.7. The van der Waals surface area contributed by atoms with Gasteiger partial charge in [-0.3, -0.25) is 4.90 Å². The van der Waals surface area contributed by atoms with Crippen molar-refractivity contribution in [3.63, 3.8) is 0 Å². The summed E-state index contributed by atoms with van der Waals surface area (Å²) in [5.74, 6) is 1.14. The number of piperidine rings is 1. The third kappa shape index (κ3) is 5.16. The van der Waals surface area contributed by atoms with Crippen LogP contribution < -0.4 is 9.47 Å². The Balaban J connectivity index is 1.35. The molecule has 4 rings (SSSR count). The minimum atomic E-state index is -0.566. The van der Waals surface area contributed by atoms with E-state index in [1.165, 1.54) is 30.4 Å². The maximum absolute atomic E-state index is 5.94. The summed E-state index contributed by atoms with van der Waals surface area (Å²) in [6.07, 6.45) is 4.71. The van der Waals surface area contributed by atoms with Gasteiger partial charge in [0.05, 0.1) is 6.61 Å². The van der Waals surface area contributed by atoms with Crippen molar-refractivity contribution in [2.45, 2.75) is 58.8 Å². The van der Waals surface area contributed by atoms with Crippen LogP contribution in [0.2, 0.25) is 0 Å². The van der Waals surface area contributed by atoms with Gasteiger partial charge < -0.3 is 14.2 Å². The molecule has 0 aliphatic carbocycles. The molecule has 2 aliphatic heterocycles. The van der Waals surface area contributed by atoms with E-state index in [0.29, 0.717) is 5.41 Å². The Morgan fingerprint density at radius 3 is 2.40 bits per heavy atom. The summed E-state index contributed by atoms with van der Waals surface area (Å²) in [5, 5.41) is 0. The number of aryl methyl sites for hydroxylation is 1. The second-order valence-electron chi connectivity index (χ2n) is 9.28. The van der Waals surface area contributed by atoms with Crippen LogP contribution in [-0.2, 0) is 17.7 Å². The molecule has 0 spiro atoms. The van der Waals surface area contributed by atoms with Crippen molar-refractivity contribution in [3.05, 3.63) is 59.7 Å². The Bertz CT molecular complexity index is 825. The molecule has 4 heteroatoms. The fourth-order valence-corrected chi connectivity index (χ4v) is 4.65. The van der Waals surface area contributed by atoms with Gasteiger partial charge in [0.2, 0.25) is 5.79 Å².